The fourth-order valence-electron chi connectivity index (χ4n) is 5.08. The van der Waals surface area contributed by atoms with Crippen LogP contribution in [0.4, 0.5) is 0 Å². The molecule has 0 spiro atoms. The average molecular weight is 501 g/mol. The SMILES string of the molecule is CC.CC.Cc1cc(=O)oc2cc(OC/C=C/CC(C)(C)CC(C)(C)C(C)(C)CC(C)(C)C)ccc12. The van der Waals surface area contributed by atoms with Crippen molar-refractivity contribution in [2.45, 2.75) is 116 Å². The lowest BCUT2D eigenvalue weighted by Gasteiger charge is -2.48. The van der Waals surface area contributed by atoms with Crippen LogP contribution in [-0.2, 0) is 0 Å². The zero-order valence-electron chi connectivity index (χ0n) is 26.0. The van der Waals surface area contributed by atoms with Gasteiger partial charge in [-0.15, -0.1) is 0 Å². The zero-order chi connectivity index (χ0) is 28.4. The summed E-state index contributed by atoms with van der Waals surface area (Å²) in [5.41, 5.74) is 2.18. The summed E-state index contributed by atoms with van der Waals surface area (Å²) in [7, 11) is 0. The number of aryl methyl sites for hydroxylation is 1. The van der Waals surface area contributed by atoms with Crippen molar-refractivity contribution in [1.29, 1.82) is 0 Å². The number of ether oxygens (including phenoxy) is 1. The van der Waals surface area contributed by atoms with E-state index >= 15 is 0 Å². The molecule has 0 unspecified atom stereocenters. The molecule has 0 atom stereocenters. The highest BCUT2D eigenvalue weighted by atomic mass is 16.5. The van der Waals surface area contributed by atoms with Crippen LogP contribution in [0.3, 0.4) is 0 Å². The van der Waals surface area contributed by atoms with Crippen molar-refractivity contribution in [3.63, 3.8) is 0 Å². The minimum Gasteiger partial charge on any atom is -0.489 e. The van der Waals surface area contributed by atoms with Crippen LogP contribution in [0.15, 0.2) is 45.6 Å². The van der Waals surface area contributed by atoms with Crippen LogP contribution in [0, 0.1) is 28.6 Å². The molecule has 0 N–H and O–H groups in total. The van der Waals surface area contributed by atoms with Crippen LogP contribution in [-0.4, -0.2) is 6.61 Å². The van der Waals surface area contributed by atoms with Crippen LogP contribution >= 0.6 is 0 Å². The van der Waals surface area contributed by atoms with Gasteiger partial charge in [0, 0.05) is 17.5 Å². The van der Waals surface area contributed by atoms with E-state index in [4.69, 9.17) is 9.15 Å². The largest absolute Gasteiger partial charge is 0.489 e. The molecule has 2 rings (SSSR count). The molecule has 2 aromatic rings. The molecule has 206 valence electrons. The Labute approximate surface area is 222 Å². The number of benzene rings is 1. The van der Waals surface area contributed by atoms with E-state index in [0.717, 1.165) is 23.8 Å². The number of fused-ring (bicyclic) bond motifs is 1. The normalized spacial score (nSPS) is 12.6. The monoisotopic (exact) mass is 500 g/mol. The average Bonchev–Trinajstić information content (AvgIpc) is 2.73. The third-order valence-electron chi connectivity index (χ3n) is 6.83. The molecule has 0 radical (unpaired) electrons. The number of hydrogen-bond donors (Lipinski definition) is 0. The lowest BCUT2D eigenvalue weighted by atomic mass is 9.57. The summed E-state index contributed by atoms with van der Waals surface area (Å²) in [5.74, 6) is 0.709. The maximum atomic E-state index is 11.6. The van der Waals surface area contributed by atoms with E-state index in [1.807, 2.05) is 46.8 Å². The maximum Gasteiger partial charge on any atom is 0.336 e. The first-order valence-corrected chi connectivity index (χ1v) is 13.8. The van der Waals surface area contributed by atoms with Crippen molar-refractivity contribution in [3.05, 3.63) is 52.4 Å². The minimum atomic E-state index is -0.331. The van der Waals surface area contributed by atoms with Crippen LogP contribution in [0.25, 0.3) is 11.0 Å². The third-order valence-corrected chi connectivity index (χ3v) is 6.83. The third kappa shape index (κ3) is 10.9. The molecule has 0 aliphatic carbocycles. The number of allylic oxidation sites excluding steroid dienone is 1. The van der Waals surface area contributed by atoms with Crippen LogP contribution < -0.4 is 10.4 Å². The molecular formula is C33H56O3. The van der Waals surface area contributed by atoms with Crippen LogP contribution in [0.2, 0.25) is 0 Å². The van der Waals surface area contributed by atoms with E-state index in [-0.39, 0.29) is 21.9 Å². The zero-order valence-corrected chi connectivity index (χ0v) is 26.0. The molecule has 0 aliphatic rings. The maximum absolute atomic E-state index is 11.6. The van der Waals surface area contributed by atoms with Gasteiger partial charge in [-0.1, -0.05) is 102 Å². The summed E-state index contributed by atoms with van der Waals surface area (Å²) in [6, 6.07) is 7.17. The smallest absolute Gasteiger partial charge is 0.336 e. The fraction of sp³-hybridized carbons (Fsp3) is 0.667. The van der Waals surface area contributed by atoms with Crippen molar-refractivity contribution in [2.75, 3.05) is 6.61 Å². The molecule has 0 saturated heterocycles. The Morgan fingerprint density at radius 1 is 0.806 bits per heavy atom. The van der Waals surface area contributed by atoms with Gasteiger partial charge in [0.15, 0.2) is 0 Å². The lowest BCUT2D eigenvalue weighted by Crippen LogP contribution is -2.39. The van der Waals surface area contributed by atoms with Gasteiger partial charge in [-0.05, 0) is 65.5 Å². The quantitative estimate of drug-likeness (QED) is 0.254. The molecule has 0 saturated carbocycles. The molecule has 1 aromatic carbocycles. The summed E-state index contributed by atoms with van der Waals surface area (Å²) >= 11 is 0. The van der Waals surface area contributed by atoms with Crippen LogP contribution in [0.1, 0.15) is 115 Å². The van der Waals surface area contributed by atoms with E-state index in [0.29, 0.717) is 23.4 Å². The second kappa shape index (κ2) is 14.1. The van der Waals surface area contributed by atoms with Crippen molar-refractivity contribution in [1.82, 2.24) is 0 Å². The summed E-state index contributed by atoms with van der Waals surface area (Å²) < 4.78 is 11.2. The molecule has 36 heavy (non-hydrogen) atoms. The summed E-state index contributed by atoms with van der Waals surface area (Å²) in [6.07, 6.45) is 7.70. The minimum absolute atomic E-state index is 0.207. The Hall–Kier alpha value is -2.03. The van der Waals surface area contributed by atoms with Gasteiger partial charge in [-0.2, -0.15) is 0 Å². The first-order valence-electron chi connectivity index (χ1n) is 13.8. The second-order valence-electron chi connectivity index (χ2n) is 12.7. The highest BCUT2D eigenvalue weighted by Crippen LogP contribution is 2.52. The molecule has 3 nitrogen and oxygen atoms in total. The first-order chi connectivity index (χ1) is 16.5. The Bertz CT molecular complexity index is 998. The summed E-state index contributed by atoms with van der Waals surface area (Å²) in [5, 5.41) is 0.936. The highest BCUT2D eigenvalue weighted by Gasteiger charge is 2.42. The van der Waals surface area contributed by atoms with Crippen molar-refractivity contribution >= 4 is 11.0 Å². The molecule has 1 aromatic heterocycles. The van der Waals surface area contributed by atoms with Crippen molar-refractivity contribution < 1.29 is 9.15 Å². The van der Waals surface area contributed by atoms with Gasteiger partial charge < -0.3 is 9.15 Å². The van der Waals surface area contributed by atoms with Crippen LogP contribution in [0.5, 0.6) is 5.75 Å². The highest BCUT2D eigenvalue weighted by molar-refractivity contribution is 5.81. The second-order valence-corrected chi connectivity index (χ2v) is 12.7. The topological polar surface area (TPSA) is 39.4 Å². The predicted octanol–water partition coefficient (Wildman–Crippen LogP) is 10.4. The van der Waals surface area contributed by atoms with Gasteiger partial charge in [0.05, 0.1) is 0 Å². The van der Waals surface area contributed by atoms with E-state index < -0.39 is 0 Å². The van der Waals surface area contributed by atoms with Gasteiger partial charge in [0.2, 0.25) is 0 Å². The summed E-state index contributed by atoms with van der Waals surface area (Å²) in [6.45, 7) is 31.8. The van der Waals surface area contributed by atoms with E-state index in [2.05, 4.69) is 74.5 Å². The fourth-order valence-corrected chi connectivity index (χ4v) is 5.08. The molecular weight excluding hydrogens is 444 g/mol. The number of rotatable bonds is 9. The van der Waals surface area contributed by atoms with Gasteiger partial charge in [0.1, 0.15) is 17.9 Å². The standard InChI is InChI=1S/C29H44O3.2C2H6/c1-21-17-25(30)32-24-18-22(13-14-23(21)24)31-16-12-11-15-27(5,6)20-29(9,10)28(7,8)19-26(2,3)4;2*1-2/h11-14,17-18H,15-16,19-20H2,1-10H3;2*1-2H3/b12-11+;;. The van der Waals surface area contributed by atoms with Crippen molar-refractivity contribution in [3.8, 4) is 5.75 Å². The van der Waals surface area contributed by atoms with Gasteiger partial charge in [0.25, 0.3) is 0 Å². The molecule has 0 bridgehead atoms. The Morgan fingerprint density at radius 2 is 1.36 bits per heavy atom. The van der Waals surface area contributed by atoms with E-state index in [1.54, 1.807) is 6.07 Å². The van der Waals surface area contributed by atoms with Gasteiger partial charge >= 0.3 is 5.63 Å². The molecule has 0 amide bonds. The number of hydrogen-bond acceptors (Lipinski definition) is 3. The Kier molecular flexibility index (Phi) is 13.3. The molecule has 3 heteroatoms. The molecule has 0 aliphatic heterocycles. The van der Waals surface area contributed by atoms with E-state index in [1.165, 1.54) is 12.5 Å². The summed E-state index contributed by atoms with van der Waals surface area (Å²) in [4.78, 5) is 11.6. The van der Waals surface area contributed by atoms with Gasteiger partial charge in [-0.3, -0.25) is 0 Å². The van der Waals surface area contributed by atoms with Crippen molar-refractivity contribution in [2.24, 2.45) is 21.7 Å². The molecule has 0 fully saturated rings. The first kappa shape index (κ1) is 34.0. The molecule has 1 heterocycles. The predicted molar refractivity (Wildman–Crippen MR) is 159 cm³/mol. The lowest BCUT2D eigenvalue weighted by molar-refractivity contribution is 0.0191. The Morgan fingerprint density at radius 3 is 1.92 bits per heavy atom. The van der Waals surface area contributed by atoms with E-state index in [9.17, 15) is 4.79 Å². The van der Waals surface area contributed by atoms with Gasteiger partial charge in [-0.25, -0.2) is 4.79 Å². The Balaban J connectivity index is 0.00000291.